The third kappa shape index (κ3) is 3.70. The van der Waals surface area contributed by atoms with Gasteiger partial charge in [-0.2, -0.15) is 13.2 Å². The molecular formula is C12H12ClF3O2S. The third-order valence-electron chi connectivity index (χ3n) is 2.87. The minimum atomic E-state index is -4.54. The zero-order chi connectivity index (χ0) is 14.0. The van der Waals surface area contributed by atoms with Crippen molar-refractivity contribution >= 4 is 22.4 Å². The van der Waals surface area contributed by atoms with E-state index >= 15 is 0 Å². The summed E-state index contributed by atoms with van der Waals surface area (Å²) in [6.45, 7) is 0.621. The van der Waals surface area contributed by atoms with Crippen LogP contribution in [-0.4, -0.2) is 22.7 Å². The van der Waals surface area contributed by atoms with E-state index in [9.17, 15) is 17.4 Å². The van der Waals surface area contributed by atoms with Crippen LogP contribution in [0.25, 0.3) is 0 Å². The van der Waals surface area contributed by atoms with E-state index in [0.717, 1.165) is 25.0 Å². The fourth-order valence-electron chi connectivity index (χ4n) is 1.90. The molecule has 0 N–H and O–H groups in total. The largest absolute Gasteiger partial charge is 0.417 e. The fourth-order valence-corrected chi connectivity index (χ4v) is 3.39. The van der Waals surface area contributed by atoms with E-state index in [4.69, 9.17) is 16.3 Å². The standard InChI is InChI=1S/C12H12ClF3O2S/c13-11-4-3-9(6-10(11)12(14,15)16)19(17)7-8-2-1-5-18-8/h3-4,6,8H,1-2,5,7H2/t8-,19+/m1/s1. The highest BCUT2D eigenvalue weighted by Gasteiger charge is 2.34. The molecule has 1 aliphatic rings. The molecule has 1 heterocycles. The van der Waals surface area contributed by atoms with Crippen molar-refractivity contribution in [2.45, 2.75) is 30.0 Å². The van der Waals surface area contributed by atoms with E-state index < -0.39 is 22.5 Å². The SMILES string of the molecule is O=[S@@](C[C@H]1CCCO1)c1ccc(Cl)c(C(F)(F)F)c1. The summed E-state index contributed by atoms with van der Waals surface area (Å²) >= 11 is 5.51. The fraction of sp³-hybridized carbons (Fsp3) is 0.500. The molecule has 1 saturated heterocycles. The lowest BCUT2D eigenvalue weighted by molar-refractivity contribution is -0.137. The van der Waals surface area contributed by atoms with Crippen LogP contribution in [0.3, 0.4) is 0 Å². The van der Waals surface area contributed by atoms with Gasteiger partial charge in [-0.05, 0) is 31.0 Å². The van der Waals surface area contributed by atoms with Gasteiger partial charge in [-0.3, -0.25) is 4.21 Å². The molecule has 2 rings (SSSR count). The Balaban J connectivity index is 2.18. The van der Waals surface area contributed by atoms with Crippen molar-refractivity contribution in [3.8, 4) is 0 Å². The van der Waals surface area contributed by atoms with Gasteiger partial charge in [-0.1, -0.05) is 11.6 Å². The van der Waals surface area contributed by atoms with E-state index in [1.165, 1.54) is 6.07 Å². The number of rotatable bonds is 3. The molecule has 1 aliphatic heterocycles. The number of hydrogen-bond acceptors (Lipinski definition) is 2. The van der Waals surface area contributed by atoms with Crippen LogP contribution >= 0.6 is 11.6 Å². The topological polar surface area (TPSA) is 26.3 Å². The van der Waals surface area contributed by atoms with Crippen molar-refractivity contribution in [1.29, 1.82) is 0 Å². The number of benzene rings is 1. The first-order valence-electron chi connectivity index (χ1n) is 5.74. The first kappa shape index (κ1) is 14.8. The summed E-state index contributed by atoms with van der Waals surface area (Å²) in [5, 5.41) is -0.384. The smallest absolute Gasteiger partial charge is 0.377 e. The molecule has 106 valence electrons. The Morgan fingerprint density at radius 1 is 1.42 bits per heavy atom. The van der Waals surface area contributed by atoms with Crippen molar-refractivity contribution in [2.24, 2.45) is 0 Å². The molecule has 0 saturated carbocycles. The molecule has 0 aromatic heterocycles. The van der Waals surface area contributed by atoms with Crippen LogP contribution in [0.1, 0.15) is 18.4 Å². The first-order valence-corrected chi connectivity index (χ1v) is 7.44. The molecular weight excluding hydrogens is 301 g/mol. The molecule has 0 spiro atoms. The molecule has 2 atom stereocenters. The van der Waals surface area contributed by atoms with Crippen LogP contribution in [0.15, 0.2) is 23.1 Å². The summed E-state index contributed by atoms with van der Waals surface area (Å²) in [5.41, 5.74) is -0.952. The predicted octanol–water partition coefficient (Wildman–Crippen LogP) is 3.65. The van der Waals surface area contributed by atoms with E-state index in [2.05, 4.69) is 0 Å². The lowest BCUT2D eigenvalue weighted by Gasteiger charge is -2.12. The zero-order valence-electron chi connectivity index (χ0n) is 9.87. The molecule has 0 radical (unpaired) electrons. The zero-order valence-corrected chi connectivity index (χ0v) is 11.4. The van der Waals surface area contributed by atoms with Gasteiger partial charge in [0.25, 0.3) is 0 Å². The summed E-state index contributed by atoms with van der Waals surface area (Å²) < 4.78 is 55.4. The maximum atomic E-state index is 12.7. The van der Waals surface area contributed by atoms with Gasteiger partial charge in [0.05, 0.1) is 33.2 Å². The van der Waals surface area contributed by atoms with Gasteiger partial charge in [0.15, 0.2) is 0 Å². The lowest BCUT2D eigenvalue weighted by atomic mass is 10.2. The Morgan fingerprint density at radius 2 is 2.16 bits per heavy atom. The Bertz CT molecular complexity index is 484. The maximum Gasteiger partial charge on any atom is 0.417 e. The first-order chi connectivity index (χ1) is 8.88. The van der Waals surface area contributed by atoms with Crippen molar-refractivity contribution in [3.63, 3.8) is 0 Å². The van der Waals surface area contributed by atoms with Crippen molar-refractivity contribution in [2.75, 3.05) is 12.4 Å². The molecule has 19 heavy (non-hydrogen) atoms. The normalized spacial score (nSPS) is 21.6. The predicted molar refractivity (Wildman–Crippen MR) is 66.7 cm³/mol. The van der Waals surface area contributed by atoms with Gasteiger partial charge >= 0.3 is 6.18 Å². The van der Waals surface area contributed by atoms with E-state index in [1.807, 2.05) is 0 Å². The van der Waals surface area contributed by atoms with Gasteiger partial charge in [0.1, 0.15) is 0 Å². The van der Waals surface area contributed by atoms with Crippen LogP contribution in [0.2, 0.25) is 5.02 Å². The molecule has 0 bridgehead atoms. The summed E-state index contributed by atoms with van der Waals surface area (Å²) in [7, 11) is -1.51. The van der Waals surface area contributed by atoms with Crippen LogP contribution in [0, 0.1) is 0 Å². The second kappa shape index (κ2) is 5.81. The minimum absolute atomic E-state index is 0.132. The quantitative estimate of drug-likeness (QED) is 0.851. The second-order valence-corrected chi connectivity index (χ2v) is 6.19. The van der Waals surface area contributed by atoms with Gasteiger partial charge in [0, 0.05) is 11.5 Å². The number of halogens is 4. The average molecular weight is 313 g/mol. The van der Waals surface area contributed by atoms with Crippen LogP contribution < -0.4 is 0 Å². The van der Waals surface area contributed by atoms with Gasteiger partial charge < -0.3 is 4.74 Å². The summed E-state index contributed by atoms with van der Waals surface area (Å²) in [5.74, 6) is 0.221. The molecule has 2 nitrogen and oxygen atoms in total. The second-order valence-electron chi connectivity index (χ2n) is 4.29. The summed E-state index contributed by atoms with van der Waals surface area (Å²) in [6, 6.07) is 3.35. The molecule has 1 aromatic carbocycles. The molecule has 0 aliphatic carbocycles. The third-order valence-corrected chi connectivity index (χ3v) is 4.65. The van der Waals surface area contributed by atoms with Crippen LogP contribution in [-0.2, 0) is 21.7 Å². The van der Waals surface area contributed by atoms with Crippen molar-refractivity contribution in [1.82, 2.24) is 0 Å². The highest BCUT2D eigenvalue weighted by Crippen LogP contribution is 2.35. The van der Waals surface area contributed by atoms with Gasteiger partial charge in [-0.15, -0.1) is 0 Å². The number of ether oxygens (including phenoxy) is 1. The van der Waals surface area contributed by atoms with E-state index in [-0.39, 0.29) is 21.8 Å². The van der Waals surface area contributed by atoms with Crippen LogP contribution in [0.5, 0.6) is 0 Å². The average Bonchev–Trinajstić information content (AvgIpc) is 2.80. The Morgan fingerprint density at radius 3 is 2.74 bits per heavy atom. The summed E-state index contributed by atoms with van der Waals surface area (Å²) in [6.07, 6.45) is -2.98. The number of hydrogen-bond donors (Lipinski definition) is 0. The molecule has 0 amide bonds. The molecule has 7 heteroatoms. The van der Waals surface area contributed by atoms with Crippen molar-refractivity contribution < 1.29 is 22.1 Å². The summed E-state index contributed by atoms with van der Waals surface area (Å²) in [4.78, 5) is 0.132. The molecule has 1 aromatic rings. The van der Waals surface area contributed by atoms with Crippen molar-refractivity contribution in [3.05, 3.63) is 28.8 Å². The van der Waals surface area contributed by atoms with Gasteiger partial charge in [-0.25, -0.2) is 0 Å². The highest BCUT2D eigenvalue weighted by molar-refractivity contribution is 7.85. The Labute approximate surface area is 116 Å². The number of alkyl halides is 3. The Kier molecular flexibility index (Phi) is 4.53. The molecule has 0 unspecified atom stereocenters. The Hall–Kier alpha value is -0.590. The molecule has 1 fully saturated rings. The minimum Gasteiger partial charge on any atom is -0.377 e. The highest BCUT2D eigenvalue weighted by atomic mass is 35.5. The van der Waals surface area contributed by atoms with E-state index in [1.54, 1.807) is 0 Å². The monoisotopic (exact) mass is 312 g/mol. The van der Waals surface area contributed by atoms with E-state index in [0.29, 0.717) is 6.61 Å². The lowest BCUT2D eigenvalue weighted by Crippen LogP contribution is -2.16. The van der Waals surface area contributed by atoms with Crippen LogP contribution in [0.4, 0.5) is 13.2 Å². The van der Waals surface area contributed by atoms with Gasteiger partial charge in [0.2, 0.25) is 0 Å². The maximum absolute atomic E-state index is 12.7.